The number of likely N-dealkylation sites (tertiary alicyclic amines) is 1. The summed E-state index contributed by atoms with van der Waals surface area (Å²) in [5.41, 5.74) is 1.47. The zero-order valence-electron chi connectivity index (χ0n) is 15.4. The normalized spacial score (nSPS) is 19.1. The summed E-state index contributed by atoms with van der Waals surface area (Å²) in [6.45, 7) is 2.32. The molecule has 0 unspecified atom stereocenters. The van der Waals surface area contributed by atoms with Gasteiger partial charge in [0.15, 0.2) is 5.76 Å². The van der Waals surface area contributed by atoms with E-state index in [0.29, 0.717) is 29.6 Å². The van der Waals surface area contributed by atoms with Crippen molar-refractivity contribution in [2.45, 2.75) is 19.3 Å². The van der Waals surface area contributed by atoms with Crippen molar-refractivity contribution in [1.29, 1.82) is 0 Å². The Labute approximate surface area is 161 Å². The lowest BCUT2D eigenvalue weighted by atomic mass is 9.89. The molecule has 0 aliphatic carbocycles. The Hall–Kier alpha value is -3.35. The maximum Gasteiger partial charge on any atom is 0.308 e. The Morgan fingerprint density at radius 1 is 1.18 bits per heavy atom. The molecule has 1 aliphatic heterocycles. The highest BCUT2D eigenvalue weighted by atomic mass is 16.4. The lowest BCUT2D eigenvalue weighted by Crippen LogP contribution is -2.31. The van der Waals surface area contributed by atoms with E-state index < -0.39 is 11.9 Å². The summed E-state index contributed by atoms with van der Waals surface area (Å²) >= 11 is 0. The number of oxazole rings is 1. The number of aromatic nitrogens is 1. The van der Waals surface area contributed by atoms with Gasteiger partial charge in [0.1, 0.15) is 5.76 Å². The Balaban J connectivity index is 1.50. The van der Waals surface area contributed by atoms with E-state index in [4.69, 9.17) is 8.83 Å². The molecular formula is C21H20N2O5. The molecule has 7 nitrogen and oxygen atoms in total. The number of amides is 1. The fourth-order valence-electron chi connectivity index (χ4n) is 3.65. The number of hydrogen-bond donors (Lipinski definition) is 1. The van der Waals surface area contributed by atoms with Crippen LogP contribution < -0.4 is 0 Å². The van der Waals surface area contributed by atoms with E-state index in [0.717, 1.165) is 5.56 Å². The van der Waals surface area contributed by atoms with Crippen LogP contribution >= 0.6 is 0 Å². The molecule has 0 saturated carbocycles. The van der Waals surface area contributed by atoms with E-state index in [1.54, 1.807) is 24.0 Å². The molecule has 0 radical (unpaired) electrons. The quantitative estimate of drug-likeness (QED) is 0.730. The maximum atomic E-state index is 12.8. The van der Waals surface area contributed by atoms with Crippen LogP contribution in [0, 0.1) is 12.8 Å². The Kier molecular flexibility index (Phi) is 4.73. The molecule has 144 valence electrons. The number of benzene rings is 1. The third kappa shape index (κ3) is 3.43. The topological polar surface area (TPSA) is 96.8 Å². The zero-order valence-corrected chi connectivity index (χ0v) is 15.4. The first-order valence-corrected chi connectivity index (χ1v) is 9.08. The van der Waals surface area contributed by atoms with Crippen LogP contribution in [0.15, 0.2) is 57.6 Å². The highest BCUT2D eigenvalue weighted by Crippen LogP contribution is 2.33. The van der Waals surface area contributed by atoms with Gasteiger partial charge >= 0.3 is 5.97 Å². The van der Waals surface area contributed by atoms with Crippen LogP contribution in [-0.2, 0) is 16.0 Å². The van der Waals surface area contributed by atoms with Crippen LogP contribution in [0.1, 0.15) is 22.9 Å². The number of carbonyl (C=O) groups is 2. The fourth-order valence-corrected chi connectivity index (χ4v) is 3.65. The van der Waals surface area contributed by atoms with E-state index in [9.17, 15) is 14.7 Å². The minimum Gasteiger partial charge on any atom is -0.481 e. The molecule has 4 rings (SSSR count). The number of hydrogen-bond acceptors (Lipinski definition) is 5. The molecule has 2 atom stereocenters. The summed E-state index contributed by atoms with van der Waals surface area (Å²) in [5, 5.41) is 9.61. The largest absolute Gasteiger partial charge is 0.481 e. The van der Waals surface area contributed by atoms with Gasteiger partial charge < -0.3 is 18.8 Å². The number of nitrogens with zero attached hydrogens (tertiary/aromatic N) is 2. The first kappa shape index (κ1) is 18.0. The van der Waals surface area contributed by atoms with Crippen molar-refractivity contribution in [3.05, 3.63) is 65.7 Å². The molecule has 1 aromatic carbocycles. The number of carbonyl (C=O) groups excluding carboxylic acids is 1. The molecule has 1 N–H and O–H groups in total. The summed E-state index contributed by atoms with van der Waals surface area (Å²) in [6, 6.07) is 12.9. The minimum absolute atomic E-state index is 0.0594. The van der Waals surface area contributed by atoms with E-state index in [1.807, 2.05) is 30.3 Å². The van der Waals surface area contributed by atoms with Gasteiger partial charge in [-0.2, -0.15) is 0 Å². The second-order valence-electron chi connectivity index (χ2n) is 6.94. The molecule has 3 aromatic rings. The number of furan rings is 1. The molecule has 1 aliphatic rings. The molecule has 0 bridgehead atoms. The van der Waals surface area contributed by atoms with Gasteiger partial charge in [-0.15, -0.1) is 0 Å². The van der Waals surface area contributed by atoms with Gasteiger partial charge in [0.2, 0.25) is 5.91 Å². The van der Waals surface area contributed by atoms with E-state index in [1.165, 1.54) is 6.26 Å². The summed E-state index contributed by atoms with van der Waals surface area (Å²) in [5.74, 6) is -0.513. The van der Waals surface area contributed by atoms with E-state index in [-0.39, 0.29) is 24.8 Å². The zero-order chi connectivity index (χ0) is 19.7. The second kappa shape index (κ2) is 7.34. The summed E-state index contributed by atoms with van der Waals surface area (Å²) in [7, 11) is 0. The predicted octanol–water partition coefficient (Wildman–Crippen LogP) is 3.11. The van der Waals surface area contributed by atoms with Crippen LogP contribution in [-0.4, -0.2) is 40.0 Å². The van der Waals surface area contributed by atoms with Gasteiger partial charge in [-0.3, -0.25) is 9.59 Å². The maximum absolute atomic E-state index is 12.8. The smallest absolute Gasteiger partial charge is 0.308 e. The van der Waals surface area contributed by atoms with Crippen LogP contribution in [0.5, 0.6) is 0 Å². The van der Waals surface area contributed by atoms with Crippen LogP contribution in [0.25, 0.3) is 11.7 Å². The first-order chi connectivity index (χ1) is 13.5. The van der Waals surface area contributed by atoms with E-state index >= 15 is 0 Å². The molecule has 3 heterocycles. The van der Waals surface area contributed by atoms with Gasteiger partial charge in [0.25, 0.3) is 5.89 Å². The van der Waals surface area contributed by atoms with Gasteiger partial charge in [0.05, 0.1) is 24.3 Å². The number of aliphatic carboxylic acids is 1. The van der Waals surface area contributed by atoms with E-state index in [2.05, 4.69) is 4.98 Å². The van der Waals surface area contributed by atoms with Crippen molar-refractivity contribution in [1.82, 2.24) is 9.88 Å². The second-order valence-corrected chi connectivity index (χ2v) is 6.94. The fraction of sp³-hybridized carbons (Fsp3) is 0.286. The van der Waals surface area contributed by atoms with Gasteiger partial charge in [0, 0.05) is 19.0 Å². The summed E-state index contributed by atoms with van der Waals surface area (Å²) < 4.78 is 10.9. The summed E-state index contributed by atoms with van der Waals surface area (Å²) in [6.07, 6.45) is 1.59. The van der Waals surface area contributed by atoms with Crippen molar-refractivity contribution in [3.8, 4) is 11.7 Å². The standard InChI is InChI=1S/C21H20N2O5/c1-13-17(22-20(28-13)18-8-5-9-27-18)10-19(24)23-11-15(16(12-23)21(25)26)14-6-3-2-4-7-14/h2-9,15-16H,10-12H2,1H3,(H,25,26)/t15-,16-/m0/s1. The van der Waals surface area contributed by atoms with Crippen molar-refractivity contribution in [2.24, 2.45) is 5.92 Å². The summed E-state index contributed by atoms with van der Waals surface area (Å²) in [4.78, 5) is 30.5. The van der Waals surface area contributed by atoms with Crippen molar-refractivity contribution >= 4 is 11.9 Å². The minimum atomic E-state index is -0.887. The van der Waals surface area contributed by atoms with Crippen LogP contribution in [0.3, 0.4) is 0 Å². The number of carboxylic acid groups (broad SMARTS) is 1. The molecule has 0 spiro atoms. The molecule has 1 saturated heterocycles. The van der Waals surface area contributed by atoms with Crippen molar-refractivity contribution < 1.29 is 23.5 Å². The third-order valence-electron chi connectivity index (χ3n) is 5.16. The molecule has 1 fully saturated rings. The van der Waals surface area contributed by atoms with Crippen LogP contribution in [0.4, 0.5) is 0 Å². The molecule has 2 aromatic heterocycles. The van der Waals surface area contributed by atoms with Crippen molar-refractivity contribution in [3.63, 3.8) is 0 Å². The lowest BCUT2D eigenvalue weighted by molar-refractivity contribution is -0.141. The number of carboxylic acids is 1. The SMILES string of the molecule is Cc1oc(-c2ccco2)nc1CC(=O)N1C[C@H](C(=O)O)[C@H](c2ccccc2)C1. The average Bonchev–Trinajstić information content (AvgIpc) is 3.42. The average molecular weight is 380 g/mol. The lowest BCUT2D eigenvalue weighted by Gasteiger charge is -2.16. The number of rotatable bonds is 5. The molecule has 1 amide bonds. The number of aryl methyl sites for hydroxylation is 1. The molecular weight excluding hydrogens is 360 g/mol. The monoisotopic (exact) mass is 380 g/mol. The predicted molar refractivity (Wildman–Crippen MR) is 99.5 cm³/mol. The van der Waals surface area contributed by atoms with Gasteiger partial charge in [-0.1, -0.05) is 30.3 Å². The first-order valence-electron chi connectivity index (χ1n) is 9.08. The van der Waals surface area contributed by atoms with Gasteiger partial charge in [-0.05, 0) is 24.6 Å². The Bertz CT molecular complexity index is 978. The highest BCUT2D eigenvalue weighted by Gasteiger charge is 2.40. The molecule has 28 heavy (non-hydrogen) atoms. The Morgan fingerprint density at radius 2 is 1.96 bits per heavy atom. The third-order valence-corrected chi connectivity index (χ3v) is 5.16. The Morgan fingerprint density at radius 3 is 2.64 bits per heavy atom. The van der Waals surface area contributed by atoms with Crippen molar-refractivity contribution in [2.75, 3.05) is 13.1 Å². The highest BCUT2D eigenvalue weighted by molar-refractivity contribution is 5.81. The van der Waals surface area contributed by atoms with Crippen LogP contribution in [0.2, 0.25) is 0 Å². The van der Waals surface area contributed by atoms with Gasteiger partial charge in [-0.25, -0.2) is 4.98 Å². The molecule has 7 heteroatoms.